The van der Waals surface area contributed by atoms with Crippen LogP contribution in [0.3, 0.4) is 0 Å². The lowest BCUT2D eigenvalue weighted by Crippen LogP contribution is -2.36. The maximum atomic E-state index is 12.3. The van der Waals surface area contributed by atoms with Crippen molar-refractivity contribution >= 4 is 5.91 Å². The van der Waals surface area contributed by atoms with Gasteiger partial charge in [-0.2, -0.15) is 13.2 Å². The third-order valence-corrected chi connectivity index (χ3v) is 4.95. The molecular formula is C14H21F3N2O. The summed E-state index contributed by atoms with van der Waals surface area (Å²) in [7, 11) is 0. The number of carbonyl (C=O) groups excluding carboxylic acids is 1. The van der Waals surface area contributed by atoms with Gasteiger partial charge >= 0.3 is 6.18 Å². The van der Waals surface area contributed by atoms with Crippen molar-refractivity contribution in [3.63, 3.8) is 0 Å². The molecule has 6 heteroatoms. The molecule has 3 fully saturated rings. The fourth-order valence-corrected chi connectivity index (χ4v) is 3.79. The van der Waals surface area contributed by atoms with E-state index >= 15 is 0 Å². The van der Waals surface area contributed by atoms with E-state index in [1.165, 1.54) is 11.3 Å². The van der Waals surface area contributed by atoms with Gasteiger partial charge in [0, 0.05) is 19.0 Å². The molecule has 20 heavy (non-hydrogen) atoms. The molecule has 114 valence electrons. The smallest absolute Gasteiger partial charge is 0.356 e. The Balaban J connectivity index is 1.36. The standard InChI is InChI=1S/C14H21F3N2O/c15-14(16,17)8-19-2-1-9(7-19)6-18-13(20)12-4-10-3-11(10)5-12/h9-12H,1-8H2,(H,18,20). The summed E-state index contributed by atoms with van der Waals surface area (Å²) >= 11 is 0. The Labute approximate surface area is 116 Å². The number of alkyl halides is 3. The van der Waals surface area contributed by atoms with Gasteiger partial charge in [0.05, 0.1) is 6.54 Å². The molecule has 0 spiro atoms. The van der Waals surface area contributed by atoms with Crippen LogP contribution in [0.15, 0.2) is 0 Å². The van der Waals surface area contributed by atoms with E-state index in [4.69, 9.17) is 0 Å². The zero-order valence-electron chi connectivity index (χ0n) is 11.5. The number of hydrogen-bond acceptors (Lipinski definition) is 2. The first kappa shape index (κ1) is 14.2. The molecule has 3 aliphatic rings. The van der Waals surface area contributed by atoms with Crippen molar-refractivity contribution in [2.24, 2.45) is 23.7 Å². The average Bonchev–Trinajstić information content (AvgIpc) is 2.77. The fraction of sp³-hybridized carbons (Fsp3) is 0.929. The third-order valence-electron chi connectivity index (χ3n) is 4.95. The number of carbonyl (C=O) groups is 1. The first-order chi connectivity index (χ1) is 9.40. The summed E-state index contributed by atoms with van der Waals surface area (Å²) in [6, 6.07) is 0. The highest BCUT2D eigenvalue weighted by atomic mass is 19.4. The summed E-state index contributed by atoms with van der Waals surface area (Å²) in [6.07, 6.45) is -0.0587. The molecule has 0 aromatic rings. The Kier molecular flexibility index (Phi) is 3.69. The summed E-state index contributed by atoms with van der Waals surface area (Å²) in [5.74, 6) is 1.99. The largest absolute Gasteiger partial charge is 0.401 e. The zero-order chi connectivity index (χ0) is 14.3. The molecular weight excluding hydrogens is 269 g/mol. The molecule has 3 unspecified atom stereocenters. The Morgan fingerprint density at radius 2 is 1.90 bits per heavy atom. The van der Waals surface area contributed by atoms with Crippen molar-refractivity contribution < 1.29 is 18.0 Å². The van der Waals surface area contributed by atoms with Gasteiger partial charge in [0.2, 0.25) is 5.91 Å². The van der Waals surface area contributed by atoms with E-state index in [-0.39, 0.29) is 17.7 Å². The lowest BCUT2D eigenvalue weighted by atomic mass is 10.0. The maximum absolute atomic E-state index is 12.3. The van der Waals surface area contributed by atoms with Crippen LogP contribution in [0, 0.1) is 23.7 Å². The number of rotatable bonds is 4. The predicted octanol–water partition coefficient (Wildman–Crippen LogP) is 2.03. The third kappa shape index (κ3) is 3.45. The molecule has 1 amide bonds. The van der Waals surface area contributed by atoms with Crippen LogP contribution in [-0.4, -0.2) is 43.2 Å². The van der Waals surface area contributed by atoms with E-state index in [1.807, 2.05) is 0 Å². The number of fused-ring (bicyclic) bond motifs is 1. The molecule has 0 aromatic heterocycles. The van der Waals surface area contributed by atoms with Gasteiger partial charge in [-0.15, -0.1) is 0 Å². The molecule has 0 radical (unpaired) electrons. The number of nitrogens with one attached hydrogen (secondary N) is 1. The quantitative estimate of drug-likeness (QED) is 0.859. The lowest BCUT2D eigenvalue weighted by molar-refractivity contribution is -0.143. The van der Waals surface area contributed by atoms with E-state index in [1.54, 1.807) is 0 Å². The monoisotopic (exact) mass is 290 g/mol. The van der Waals surface area contributed by atoms with Crippen LogP contribution in [0.25, 0.3) is 0 Å². The van der Waals surface area contributed by atoms with Gasteiger partial charge in [0.15, 0.2) is 0 Å². The highest BCUT2D eigenvalue weighted by Crippen LogP contribution is 2.54. The maximum Gasteiger partial charge on any atom is 0.401 e. The minimum atomic E-state index is -4.12. The summed E-state index contributed by atoms with van der Waals surface area (Å²) < 4.78 is 36.8. The molecule has 0 bridgehead atoms. The normalized spacial score (nSPS) is 37.0. The van der Waals surface area contributed by atoms with E-state index in [9.17, 15) is 18.0 Å². The highest BCUT2D eigenvalue weighted by Gasteiger charge is 2.48. The summed E-state index contributed by atoms with van der Waals surface area (Å²) in [4.78, 5) is 13.4. The van der Waals surface area contributed by atoms with Gasteiger partial charge < -0.3 is 5.32 Å². The molecule has 3 atom stereocenters. The molecule has 1 aliphatic heterocycles. The molecule has 1 saturated heterocycles. The second-order valence-corrected chi connectivity index (χ2v) is 6.67. The molecule has 3 nitrogen and oxygen atoms in total. The van der Waals surface area contributed by atoms with Crippen molar-refractivity contribution in [2.45, 2.75) is 31.9 Å². The number of nitrogens with zero attached hydrogens (tertiary/aromatic N) is 1. The van der Waals surface area contributed by atoms with Crippen LogP contribution in [0.4, 0.5) is 13.2 Å². The number of amides is 1. The number of halogens is 3. The van der Waals surface area contributed by atoms with Gasteiger partial charge in [0.25, 0.3) is 0 Å². The van der Waals surface area contributed by atoms with E-state index in [2.05, 4.69) is 5.32 Å². The van der Waals surface area contributed by atoms with Crippen molar-refractivity contribution in [3.05, 3.63) is 0 Å². The van der Waals surface area contributed by atoms with Crippen molar-refractivity contribution in [1.82, 2.24) is 10.2 Å². The van der Waals surface area contributed by atoms with Crippen LogP contribution >= 0.6 is 0 Å². The number of hydrogen-bond donors (Lipinski definition) is 1. The van der Waals surface area contributed by atoms with Crippen LogP contribution in [-0.2, 0) is 4.79 Å². The Hall–Kier alpha value is -0.780. The molecule has 3 rings (SSSR count). The molecule has 1 heterocycles. The fourth-order valence-electron chi connectivity index (χ4n) is 3.79. The van der Waals surface area contributed by atoms with Crippen molar-refractivity contribution in [3.8, 4) is 0 Å². The van der Waals surface area contributed by atoms with Crippen LogP contribution in [0.1, 0.15) is 25.7 Å². The minimum Gasteiger partial charge on any atom is -0.356 e. The van der Waals surface area contributed by atoms with Crippen LogP contribution in [0.5, 0.6) is 0 Å². The van der Waals surface area contributed by atoms with E-state index < -0.39 is 12.7 Å². The minimum absolute atomic E-state index is 0.117. The second-order valence-electron chi connectivity index (χ2n) is 6.67. The summed E-state index contributed by atoms with van der Waals surface area (Å²) in [5.41, 5.74) is 0. The summed E-state index contributed by atoms with van der Waals surface area (Å²) in [6.45, 7) is 0.617. The SMILES string of the molecule is O=C(NCC1CCN(CC(F)(F)F)C1)C1CC2CC2C1. The van der Waals surface area contributed by atoms with Crippen molar-refractivity contribution in [1.29, 1.82) is 0 Å². The molecule has 2 saturated carbocycles. The van der Waals surface area contributed by atoms with Crippen LogP contribution in [0.2, 0.25) is 0 Å². The molecule has 2 aliphatic carbocycles. The Morgan fingerprint density at radius 1 is 1.20 bits per heavy atom. The van der Waals surface area contributed by atoms with Gasteiger partial charge in [-0.25, -0.2) is 0 Å². The average molecular weight is 290 g/mol. The van der Waals surface area contributed by atoms with Crippen molar-refractivity contribution in [2.75, 3.05) is 26.2 Å². The van der Waals surface area contributed by atoms with Gasteiger partial charge in [-0.05, 0) is 50.0 Å². The number of likely N-dealkylation sites (tertiary alicyclic amines) is 1. The first-order valence-corrected chi connectivity index (χ1v) is 7.47. The highest BCUT2D eigenvalue weighted by molar-refractivity contribution is 5.79. The van der Waals surface area contributed by atoms with Gasteiger partial charge in [-0.3, -0.25) is 9.69 Å². The van der Waals surface area contributed by atoms with E-state index in [0.717, 1.165) is 31.1 Å². The molecule has 0 aromatic carbocycles. The Bertz CT molecular complexity index is 375. The second kappa shape index (κ2) is 5.20. The first-order valence-electron chi connectivity index (χ1n) is 7.47. The molecule has 1 N–H and O–H groups in total. The zero-order valence-corrected chi connectivity index (χ0v) is 11.5. The van der Waals surface area contributed by atoms with Gasteiger partial charge in [-0.1, -0.05) is 0 Å². The lowest BCUT2D eigenvalue weighted by Gasteiger charge is -2.18. The predicted molar refractivity (Wildman–Crippen MR) is 67.9 cm³/mol. The van der Waals surface area contributed by atoms with Crippen LogP contribution < -0.4 is 5.32 Å². The van der Waals surface area contributed by atoms with E-state index in [0.29, 0.717) is 19.6 Å². The Morgan fingerprint density at radius 3 is 2.55 bits per heavy atom. The summed E-state index contributed by atoms with van der Waals surface area (Å²) in [5, 5.41) is 2.94. The topological polar surface area (TPSA) is 32.3 Å². The van der Waals surface area contributed by atoms with Gasteiger partial charge in [0.1, 0.15) is 0 Å².